The van der Waals surface area contributed by atoms with Crippen molar-refractivity contribution in [3.8, 4) is 0 Å². The molecule has 0 saturated heterocycles. The zero-order chi connectivity index (χ0) is 9.80. The van der Waals surface area contributed by atoms with E-state index in [4.69, 9.17) is 0 Å². The highest BCUT2D eigenvalue weighted by Gasteiger charge is 2.02. The van der Waals surface area contributed by atoms with Gasteiger partial charge in [-0.05, 0) is 12.5 Å². The maximum atomic E-state index is 4.26. The second-order valence-corrected chi connectivity index (χ2v) is 3.50. The largest absolute Gasteiger partial charge is 0.355 e. The summed E-state index contributed by atoms with van der Waals surface area (Å²) < 4.78 is 0. The topological polar surface area (TPSA) is 36.4 Å². The number of aryl methyl sites for hydroxylation is 1. The number of aliphatic imine (C=N–C) groups is 1. The Bertz CT molecular complexity index is 327. The third-order valence-corrected chi connectivity index (χ3v) is 2.25. The summed E-state index contributed by atoms with van der Waals surface area (Å²) in [5.74, 6) is 0.922. The van der Waals surface area contributed by atoms with Crippen molar-refractivity contribution in [3.05, 3.63) is 35.4 Å². The number of nitrogens with zero attached hydrogens (tertiary/aromatic N) is 1. The van der Waals surface area contributed by atoms with Crippen LogP contribution >= 0.6 is 0 Å². The molecule has 0 aromatic heterocycles. The fourth-order valence-corrected chi connectivity index (χ4v) is 1.41. The van der Waals surface area contributed by atoms with Gasteiger partial charge in [0.1, 0.15) is 0 Å². The molecule has 3 heteroatoms. The Hall–Kier alpha value is -1.51. The number of nitrogens with one attached hydrogen (secondary N) is 2. The molecule has 2 rings (SSSR count). The van der Waals surface area contributed by atoms with Gasteiger partial charge in [0.15, 0.2) is 5.96 Å². The Balaban J connectivity index is 1.88. The summed E-state index contributed by atoms with van der Waals surface area (Å²) in [6.45, 7) is 4.78. The first-order valence-corrected chi connectivity index (χ1v) is 4.92. The molecule has 0 bridgehead atoms. The minimum absolute atomic E-state index is 0.839. The Morgan fingerprint density at radius 2 is 2.14 bits per heavy atom. The van der Waals surface area contributed by atoms with Crippen LogP contribution in [0.2, 0.25) is 0 Å². The SMILES string of the molecule is Cc1ccc(CNC2=NCCN2)cc1. The Labute approximate surface area is 84.2 Å². The first-order chi connectivity index (χ1) is 6.84. The lowest BCUT2D eigenvalue weighted by molar-refractivity contribution is 0.867. The lowest BCUT2D eigenvalue weighted by Crippen LogP contribution is -2.33. The smallest absolute Gasteiger partial charge is 0.191 e. The van der Waals surface area contributed by atoms with Crippen LogP contribution in [-0.4, -0.2) is 19.0 Å². The van der Waals surface area contributed by atoms with Crippen LogP contribution in [-0.2, 0) is 6.54 Å². The van der Waals surface area contributed by atoms with Gasteiger partial charge >= 0.3 is 0 Å². The van der Waals surface area contributed by atoms with Crippen LogP contribution < -0.4 is 10.6 Å². The van der Waals surface area contributed by atoms with Gasteiger partial charge in [-0.1, -0.05) is 29.8 Å². The van der Waals surface area contributed by atoms with Crippen molar-refractivity contribution in [2.45, 2.75) is 13.5 Å². The van der Waals surface area contributed by atoms with E-state index in [9.17, 15) is 0 Å². The average molecular weight is 189 g/mol. The van der Waals surface area contributed by atoms with E-state index >= 15 is 0 Å². The second kappa shape index (κ2) is 4.13. The molecule has 1 heterocycles. The lowest BCUT2D eigenvalue weighted by atomic mass is 10.1. The Morgan fingerprint density at radius 1 is 1.36 bits per heavy atom. The fraction of sp³-hybridized carbons (Fsp3) is 0.364. The highest BCUT2D eigenvalue weighted by Crippen LogP contribution is 2.02. The summed E-state index contributed by atoms with van der Waals surface area (Å²) in [5, 5.41) is 6.43. The quantitative estimate of drug-likeness (QED) is 0.729. The molecular weight excluding hydrogens is 174 g/mol. The molecule has 14 heavy (non-hydrogen) atoms. The van der Waals surface area contributed by atoms with Crippen LogP contribution in [0.5, 0.6) is 0 Å². The molecule has 0 atom stereocenters. The molecule has 3 nitrogen and oxygen atoms in total. The predicted octanol–water partition coefficient (Wildman–Crippen LogP) is 1.04. The van der Waals surface area contributed by atoms with Gasteiger partial charge in [0.05, 0.1) is 6.54 Å². The fourth-order valence-electron chi connectivity index (χ4n) is 1.41. The maximum absolute atomic E-state index is 4.26. The summed E-state index contributed by atoms with van der Waals surface area (Å²) in [6, 6.07) is 8.53. The number of guanidine groups is 1. The van der Waals surface area contributed by atoms with E-state index in [1.807, 2.05) is 0 Å². The van der Waals surface area contributed by atoms with E-state index in [1.165, 1.54) is 11.1 Å². The molecule has 0 saturated carbocycles. The van der Waals surface area contributed by atoms with E-state index in [2.05, 4.69) is 46.8 Å². The van der Waals surface area contributed by atoms with Crippen LogP contribution in [0.3, 0.4) is 0 Å². The molecule has 1 aromatic carbocycles. The molecule has 1 aromatic rings. The zero-order valence-electron chi connectivity index (χ0n) is 8.38. The first-order valence-electron chi connectivity index (χ1n) is 4.92. The van der Waals surface area contributed by atoms with Crippen molar-refractivity contribution < 1.29 is 0 Å². The standard InChI is InChI=1S/C11H15N3/c1-9-2-4-10(5-3-9)8-14-11-12-6-7-13-11/h2-5H,6-8H2,1H3,(H2,12,13,14). The zero-order valence-corrected chi connectivity index (χ0v) is 8.38. The van der Waals surface area contributed by atoms with Crippen LogP contribution in [0.25, 0.3) is 0 Å². The van der Waals surface area contributed by atoms with E-state index in [-0.39, 0.29) is 0 Å². The van der Waals surface area contributed by atoms with Crippen molar-refractivity contribution >= 4 is 5.96 Å². The molecule has 0 unspecified atom stereocenters. The normalized spacial score (nSPS) is 14.8. The number of rotatable bonds is 2. The maximum Gasteiger partial charge on any atom is 0.191 e. The lowest BCUT2D eigenvalue weighted by Gasteiger charge is -2.06. The summed E-state index contributed by atoms with van der Waals surface area (Å²) in [6.07, 6.45) is 0. The van der Waals surface area contributed by atoms with Crippen LogP contribution in [0, 0.1) is 6.92 Å². The van der Waals surface area contributed by atoms with Crippen molar-refractivity contribution in [2.75, 3.05) is 13.1 Å². The monoisotopic (exact) mass is 189 g/mol. The van der Waals surface area contributed by atoms with Crippen LogP contribution in [0.4, 0.5) is 0 Å². The first kappa shape index (κ1) is 9.06. The molecule has 0 fully saturated rings. The molecule has 74 valence electrons. The van der Waals surface area contributed by atoms with E-state index in [0.717, 1.165) is 25.6 Å². The summed E-state index contributed by atoms with van der Waals surface area (Å²) in [5.41, 5.74) is 2.58. The van der Waals surface area contributed by atoms with E-state index < -0.39 is 0 Å². The van der Waals surface area contributed by atoms with Gasteiger partial charge in [-0.2, -0.15) is 0 Å². The molecule has 0 aliphatic carbocycles. The molecule has 2 N–H and O–H groups in total. The average Bonchev–Trinajstić information content (AvgIpc) is 2.70. The van der Waals surface area contributed by atoms with E-state index in [1.54, 1.807) is 0 Å². The van der Waals surface area contributed by atoms with Gasteiger partial charge in [-0.25, -0.2) is 0 Å². The van der Waals surface area contributed by atoms with Crippen LogP contribution in [0.15, 0.2) is 29.3 Å². The van der Waals surface area contributed by atoms with Crippen molar-refractivity contribution in [3.63, 3.8) is 0 Å². The van der Waals surface area contributed by atoms with Crippen molar-refractivity contribution in [1.82, 2.24) is 10.6 Å². The Kier molecular flexibility index (Phi) is 2.68. The number of hydrogen-bond acceptors (Lipinski definition) is 3. The van der Waals surface area contributed by atoms with Crippen molar-refractivity contribution in [1.29, 1.82) is 0 Å². The summed E-state index contributed by atoms with van der Waals surface area (Å²) in [4.78, 5) is 4.26. The second-order valence-electron chi connectivity index (χ2n) is 3.50. The highest BCUT2D eigenvalue weighted by atomic mass is 15.2. The van der Waals surface area contributed by atoms with Gasteiger partial charge in [0.25, 0.3) is 0 Å². The predicted molar refractivity (Wildman–Crippen MR) is 58.3 cm³/mol. The molecule has 0 radical (unpaired) electrons. The van der Waals surface area contributed by atoms with Gasteiger partial charge < -0.3 is 10.6 Å². The van der Waals surface area contributed by atoms with Gasteiger partial charge in [-0.15, -0.1) is 0 Å². The van der Waals surface area contributed by atoms with Gasteiger partial charge in [-0.3, -0.25) is 4.99 Å². The minimum Gasteiger partial charge on any atom is -0.355 e. The Morgan fingerprint density at radius 3 is 2.79 bits per heavy atom. The van der Waals surface area contributed by atoms with Gasteiger partial charge in [0, 0.05) is 13.1 Å². The molecule has 1 aliphatic heterocycles. The van der Waals surface area contributed by atoms with Crippen LogP contribution in [0.1, 0.15) is 11.1 Å². The minimum atomic E-state index is 0.839. The van der Waals surface area contributed by atoms with E-state index in [0.29, 0.717) is 0 Å². The molecule has 0 amide bonds. The van der Waals surface area contributed by atoms with Gasteiger partial charge in [0.2, 0.25) is 0 Å². The summed E-state index contributed by atoms with van der Waals surface area (Å²) in [7, 11) is 0. The molecular formula is C11H15N3. The third-order valence-electron chi connectivity index (χ3n) is 2.25. The molecule has 1 aliphatic rings. The highest BCUT2D eigenvalue weighted by molar-refractivity contribution is 5.81. The number of hydrogen-bond donors (Lipinski definition) is 2. The summed E-state index contributed by atoms with van der Waals surface area (Å²) >= 11 is 0. The van der Waals surface area contributed by atoms with Crippen molar-refractivity contribution in [2.24, 2.45) is 4.99 Å². The molecule has 0 spiro atoms. The number of benzene rings is 1. The third kappa shape index (κ3) is 2.25.